The Kier molecular flexibility index (Phi) is 4.97. The van der Waals surface area contributed by atoms with Crippen molar-refractivity contribution in [2.24, 2.45) is 0 Å². The molecule has 126 valence electrons. The molecule has 1 aromatic carbocycles. The molecule has 0 saturated heterocycles. The van der Waals surface area contributed by atoms with E-state index in [2.05, 4.69) is 17.4 Å². The van der Waals surface area contributed by atoms with E-state index in [1.807, 2.05) is 44.7 Å². The highest BCUT2D eigenvalue weighted by atomic mass is 16.2. The molecule has 5 heteroatoms. The van der Waals surface area contributed by atoms with Crippen LogP contribution in [0, 0.1) is 0 Å². The fourth-order valence-electron chi connectivity index (χ4n) is 2.89. The second-order valence-electron chi connectivity index (χ2n) is 7.25. The molecule has 0 spiro atoms. The average molecular weight is 317 g/mol. The molecular formula is C18H27N3O2. The molecule has 1 atom stereocenters. The summed E-state index contributed by atoms with van der Waals surface area (Å²) in [4.78, 5) is 28.0. The van der Waals surface area contributed by atoms with Crippen molar-refractivity contribution in [2.75, 3.05) is 20.1 Å². The van der Waals surface area contributed by atoms with E-state index in [0.717, 1.165) is 6.42 Å². The Morgan fingerprint density at radius 3 is 2.61 bits per heavy atom. The summed E-state index contributed by atoms with van der Waals surface area (Å²) in [6.45, 7) is 8.60. The van der Waals surface area contributed by atoms with Crippen LogP contribution in [0.5, 0.6) is 0 Å². The van der Waals surface area contributed by atoms with Crippen molar-refractivity contribution in [1.29, 1.82) is 0 Å². The van der Waals surface area contributed by atoms with E-state index in [4.69, 9.17) is 0 Å². The van der Waals surface area contributed by atoms with Crippen molar-refractivity contribution in [3.63, 3.8) is 0 Å². The maximum Gasteiger partial charge on any atom is 0.318 e. The van der Waals surface area contributed by atoms with E-state index in [1.54, 1.807) is 7.05 Å². The van der Waals surface area contributed by atoms with Crippen molar-refractivity contribution in [3.05, 3.63) is 35.4 Å². The van der Waals surface area contributed by atoms with Crippen LogP contribution in [-0.2, 0) is 11.2 Å². The molecule has 1 aromatic rings. The van der Waals surface area contributed by atoms with E-state index >= 15 is 0 Å². The molecule has 0 aliphatic carbocycles. The number of hydrogen-bond acceptors (Lipinski definition) is 2. The molecule has 0 bridgehead atoms. The number of likely N-dealkylation sites (N-methyl/N-ethyl adjacent to an activating group) is 1. The zero-order valence-corrected chi connectivity index (χ0v) is 14.7. The molecule has 1 unspecified atom stereocenters. The minimum absolute atomic E-state index is 0.0152. The number of benzene rings is 1. The minimum atomic E-state index is -0.314. The number of hydrogen-bond donors (Lipinski definition) is 1. The van der Waals surface area contributed by atoms with Gasteiger partial charge in [-0.15, -0.1) is 0 Å². The smallest absolute Gasteiger partial charge is 0.318 e. The number of nitrogens with zero attached hydrogens (tertiary/aromatic N) is 2. The lowest BCUT2D eigenvalue weighted by Gasteiger charge is -2.36. The number of nitrogens with one attached hydrogen (secondary N) is 1. The lowest BCUT2D eigenvalue weighted by Crippen LogP contribution is -2.51. The lowest BCUT2D eigenvalue weighted by molar-refractivity contribution is -0.134. The van der Waals surface area contributed by atoms with Gasteiger partial charge in [-0.25, -0.2) is 4.79 Å². The van der Waals surface area contributed by atoms with Gasteiger partial charge in [0.15, 0.2) is 0 Å². The monoisotopic (exact) mass is 317 g/mol. The summed E-state index contributed by atoms with van der Waals surface area (Å²) < 4.78 is 0. The normalized spacial score (nSPS) is 17.4. The van der Waals surface area contributed by atoms with Crippen molar-refractivity contribution >= 4 is 11.9 Å². The van der Waals surface area contributed by atoms with Gasteiger partial charge in [0.05, 0.1) is 6.04 Å². The summed E-state index contributed by atoms with van der Waals surface area (Å²) in [5.74, 6) is -0.0152. The Morgan fingerprint density at radius 1 is 1.30 bits per heavy atom. The third-order valence-electron chi connectivity index (χ3n) is 4.12. The van der Waals surface area contributed by atoms with Gasteiger partial charge in [-0.2, -0.15) is 0 Å². The first kappa shape index (κ1) is 17.3. The fraction of sp³-hybridized carbons (Fsp3) is 0.556. The van der Waals surface area contributed by atoms with Gasteiger partial charge in [0, 0.05) is 19.1 Å². The van der Waals surface area contributed by atoms with Gasteiger partial charge < -0.3 is 15.1 Å². The van der Waals surface area contributed by atoms with Crippen LogP contribution in [-0.4, -0.2) is 47.4 Å². The maximum atomic E-state index is 12.6. The Bertz CT molecular complexity index is 592. The van der Waals surface area contributed by atoms with Crippen LogP contribution in [0.25, 0.3) is 0 Å². The van der Waals surface area contributed by atoms with E-state index in [0.29, 0.717) is 6.54 Å². The van der Waals surface area contributed by atoms with E-state index in [9.17, 15) is 9.59 Å². The van der Waals surface area contributed by atoms with Crippen LogP contribution in [0.2, 0.25) is 0 Å². The topological polar surface area (TPSA) is 52.7 Å². The number of amides is 3. The average Bonchev–Trinajstić information content (AvgIpc) is 2.46. The number of urea groups is 1. The highest BCUT2D eigenvalue weighted by Gasteiger charge is 2.28. The van der Waals surface area contributed by atoms with Crippen molar-refractivity contribution in [2.45, 2.75) is 45.7 Å². The SMILES string of the molecule is CC1c2ccccc2CCN1C(=O)CN(C)C(=O)NC(C)(C)C. The Hall–Kier alpha value is -2.04. The van der Waals surface area contributed by atoms with Gasteiger partial charge in [0.2, 0.25) is 5.91 Å². The molecule has 3 amide bonds. The third kappa shape index (κ3) is 4.24. The van der Waals surface area contributed by atoms with E-state index in [1.165, 1.54) is 16.0 Å². The molecule has 0 saturated carbocycles. The van der Waals surface area contributed by atoms with Gasteiger partial charge in [0.25, 0.3) is 0 Å². The first-order chi connectivity index (χ1) is 10.7. The maximum absolute atomic E-state index is 12.6. The van der Waals surface area contributed by atoms with E-state index < -0.39 is 0 Å². The zero-order valence-electron chi connectivity index (χ0n) is 14.7. The number of rotatable bonds is 2. The van der Waals surface area contributed by atoms with Gasteiger partial charge in [-0.05, 0) is 45.2 Å². The predicted molar refractivity (Wildman–Crippen MR) is 91.2 cm³/mol. The van der Waals surface area contributed by atoms with Crippen LogP contribution in [0.1, 0.15) is 44.9 Å². The van der Waals surface area contributed by atoms with Gasteiger partial charge in [-0.3, -0.25) is 4.79 Å². The Morgan fingerprint density at radius 2 is 1.96 bits per heavy atom. The van der Waals surface area contributed by atoms with Gasteiger partial charge in [-0.1, -0.05) is 24.3 Å². The van der Waals surface area contributed by atoms with Crippen molar-refractivity contribution in [3.8, 4) is 0 Å². The molecule has 0 radical (unpaired) electrons. The van der Waals surface area contributed by atoms with Gasteiger partial charge in [0.1, 0.15) is 6.54 Å². The molecule has 1 heterocycles. The lowest BCUT2D eigenvalue weighted by atomic mass is 9.93. The van der Waals surface area contributed by atoms with Crippen LogP contribution in [0.4, 0.5) is 4.79 Å². The molecule has 1 aliphatic heterocycles. The molecule has 0 fully saturated rings. The quantitative estimate of drug-likeness (QED) is 0.911. The molecule has 5 nitrogen and oxygen atoms in total. The van der Waals surface area contributed by atoms with Crippen LogP contribution in [0.3, 0.4) is 0 Å². The van der Waals surface area contributed by atoms with Crippen LogP contribution < -0.4 is 5.32 Å². The first-order valence-electron chi connectivity index (χ1n) is 8.09. The summed E-state index contributed by atoms with van der Waals surface area (Å²) in [7, 11) is 1.65. The fourth-order valence-corrected chi connectivity index (χ4v) is 2.89. The van der Waals surface area contributed by atoms with Crippen LogP contribution in [0.15, 0.2) is 24.3 Å². The standard InChI is InChI=1S/C18H27N3O2/c1-13-15-9-7-6-8-14(15)10-11-21(13)16(22)12-20(5)17(23)19-18(2,3)4/h6-9,13H,10-12H2,1-5H3,(H,19,23). The summed E-state index contributed by atoms with van der Waals surface area (Å²) in [6.07, 6.45) is 0.865. The molecule has 23 heavy (non-hydrogen) atoms. The molecule has 2 rings (SSSR count). The largest absolute Gasteiger partial charge is 0.334 e. The van der Waals surface area contributed by atoms with Crippen molar-refractivity contribution < 1.29 is 9.59 Å². The second kappa shape index (κ2) is 6.60. The molecule has 1 N–H and O–H groups in total. The molecule has 1 aliphatic rings. The summed E-state index contributed by atoms with van der Waals surface area (Å²) >= 11 is 0. The summed E-state index contributed by atoms with van der Waals surface area (Å²) in [5.41, 5.74) is 2.20. The molecule has 0 aromatic heterocycles. The van der Waals surface area contributed by atoms with Gasteiger partial charge >= 0.3 is 6.03 Å². The van der Waals surface area contributed by atoms with Crippen LogP contribution >= 0.6 is 0 Å². The number of fused-ring (bicyclic) bond motifs is 1. The van der Waals surface area contributed by atoms with E-state index in [-0.39, 0.29) is 30.1 Å². The molecular weight excluding hydrogens is 290 g/mol. The Balaban J connectivity index is 2.00. The minimum Gasteiger partial charge on any atom is -0.334 e. The first-order valence-corrected chi connectivity index (χ1v) is 8.09. The third-order valence-corrected chi connectivity index (χ3v) is 4.12. The highest BCUT2D eigenvalue weighted by molar-refractivity contribution is 5.84. The van der Waals surface area contributed by atoms with Crippen molar-refractivity contribution in [1.82, 2.24) is 15.1 Å². The number of carbonyl (C=O) groups is 2. The summed E-state index contributed by atoms with van der Waals surface area (Å²) in [5, 5.41) is 2.87. The second-order valence-corrected chi connectivity index (χ2v) is 7.25. The zero-order chi connectivity index (χ0) is 17.2. The Labute approximate surface area is 138 Å². The highest BCUT2D eigenvalue weighted by Crippen LogP contribution is 2.29. The predicted octanol–water partition coefficient (Wildman–Crippen LogP) is 2.57. The number of carbonyl (C=O) groups excluding carboxylic acids is 2. The summed E-state index contributed by atoms with van der Waals surface area (Å²) in [6, 6.07) is 8.06.